The van der Waals surface area contributed by atoms with Gasteiger partial charge in [-0.2, -0.15) is 0 Å². The summed E-state index contributed by atoms with van der Waals surface area (Å²) < 4.78 is 5.18. The molecule has 3 heterocycles. The fraction of sp³-hybridized carbons (Fsp3) is 0.158. The topological polar surface area (TPSA) is 75.6 Å². The molecule has 132 valence electrons. The van der Waals surface area contributed by atoms with Crippen LogP contribution in [0.3, 0.4) is 0 Å². The molecule has 5 nitrogen and oxygen atoms in total. The smallest absolute Gasteiger partial charge is 0.346 e. The van der Waals surface area contributed by atoms with Crippen molar-refractivity contribution >= 4 is 40.2 Å². The van der Waals surface area contributed by atoms with Gasteiger partial charge in [-0.25, -0.2) is 4.79 Å². The number of fused-ring (bicyclic) bond motifs is 1. The van der Waals surface area contributed by atoms with Crippen molar-refractivity contribution in [3.8, 4) is 16.9 Å². The van der Waals surface area contributed by atoms with Gasteiger partial charge in [0.2, 0.25) is 5.91 Å². The Labute approximate surface area is 157 Å². The maximum Gasteiger partial charge on any atom is 0.346 e. The highest BCUT2D eigenvalue weighted by Gasteiger charge is 2.34. The van der Waals surface area contributed by atoms with Crippen LogP contribution in [0.4, 0.5) is 5.69 Å². The van der Waals surface area contributed by atoms with E-state index in [0.29, 0.717) is 23.4 Å². The van der Waals surface area contributed by atoms with Crippen LogP contribution in [0.25, 0.3) is 11.1 Å². The van der Waals surface area contributed by atoms with Crippen LogP contribution < -0.4 is 10.1 Å². The van der Waals surface area contributed by atoms with E-state index in [2.05, 4.69) is 5.32 Å². The number of methoxy groups -OCH3 is 1. The number of nitrogens with one attached hydrogen (secondary N) is 1. The van der Waals surface area contributed by atoms with E-state index in [1.165, 1.54) is 11.3 Å². The van der Waals surface area contributed by atoms with Gasteiger partial charge in [0.25, 0.3) is 0 Å². The van der Waals surface area contributed by atoms with Gasteiger partial charge < -0.3 is 15.2 Å². The van der Waals surface area contributed by atoms with Crippen LogP contribution in [-0.4, -0.2) is 24.1 Å². The maximum absolute atomic E-state index is 12.3. The van der Waals surface area contributed by atoms with Gasteiger partial charge in [0.05, 0.1) is 12.8 Å². The molecule has 4 rings (SSSR count). The lowest BCUT2D eigenvalue weighted by Crippen LogP contribution is -2.22. The first-order valence-corrected chi connectivity index (χ1v) is 9.65. The van der Waals surface area contributed by atoms with Gasteiger partial charge in [-0.3, -0.25) is 4.79 Å². The summed E-state index contributed by atoms with van der Waals surface area (Å²) in [4.78, 5) is 26.4. The molecule has 0 bridgehead atoms. The largest absolute Gasteiger partial charge is 0.497 e. The molecule has 1 aromatic carbocycles. The summed E-state index contributed by atoms with van der Waals surface area (Å²) in [5.41, 5.74) is 1.93. The van der Waals surface area contributed by atoms with Crippen molar-refractivity contribution in [3.05, 3.63) is 56.4 Å². The van der Waals surface area contributed by atoms with Crippen molar-refractivity contribution in [1.82, 2.24) is 0 Å². The Hall–Kier alpha value is -2.64. The first-order chi connectivity index (χ1) is 12.6. The summed E-state index contributed by atoms with van der Waals surface area (Å²) in [5, 5.41) is 14.6. The summed E-state index contributed by atoms with van der Waals surface area (Å²) in [6.07, 6.45) is 0.329. The van der Waals surface area contributed by atoms with Crippen molar-refractivity contribution in [2.75, 3.05) is 12.4 Å². The number of carbonyl (C=O) groups is 2. The molecule has 1 aliphatic heterocycles. The molecule has 0 saturated heterocycles. The summed E-state index contributed by atoms with van der Waals surface area (Å²) >= 11 is 2.83. The molecule has 0 fully saturated rings. The van der Waals surface area contributed by atoms with Crippen LogP contribution in [-0.2, 0) is 4.79 Å². The number of carboxylic acids is 1. The monoisotopic (exact) mass is 385 g/mol. The molecular weight excluding hydrogens is 370 g/mol. The van der Waals surface area contributed by atoms with E-state index in [9.17, 15) is 14.7 Å². The summed E-state index contributed by atoms with van der Waals surface area (Å²) in [6.45, 7) is 0. The predicted molar refractivity (Wildman–Crippen MR) is 103 cm³/mol. The third-order valence-electron chi connectivity index (χ3n) is 4.37. The summed E-state index contributed by atoms with van der Waals surface area (Å²) in [6, 6.07) is 11.1. The first kappa shape index (κ1) is 16.8. The van der Waals surface area contributed by atoms with Crippen molar-refractivity contribution in [2.24, 2.45) is 0 Å². The fourth-order valence-corrected chi connectivity index (χ4v) is 5.34. The quantitative estimate of drug-likeness (QED) is 0.685. The van der Waals surface area contributed by atoms with Crippen molar-refractivity contribution in [1.29, 1.82) is 0 Å². The average molecular weight is 385 g/mol. The molecule has 1 aliphatic rings. The number of thiophene rings is 2. The van der Waals surface area contributed by atoms with Gasteiger partial charge >= 0.3 is 5.97 Å². The highest BCUT2D eigenvalue weighted by atomic mass is 32.1. The van der Waals surface area contributed by atoms with Gasteiger partial charge in [0, 0.05) is 27.7 Å². The SMILES string of the molecule is COc1ccc(-c2c(C(=O)O)sc3c2NC(=O)C[C@@H]3c2cccs2)cc1. The second kappa shape index (κ2) is 6.59. The zero-order valence-electron chi connectivity index (χ0n) is 13.8. The molecule has 7 heteroatoms. The molecule has 2 N–H and O–H groups in total. The third kappa shape index (κ3) is 2.79. The zero-order chi connectivity index (χ0) is 18.3. The molecule has 2 aromatic heterocycles. The van der Waals surface area contributed by atoms with Crippen LogP contribution in [0.1, 0.15) is 31.8 Å². The van der Waals surface area contributed by atoms with Crippen LogP contribution in [0.2, 0.25) is 0 Å². The Morgan fingerprint density at radius 3 is 2.65 bits per heavy atom. The minimum Gasteiger partial charge on any atom is -0.497 e. The van der Waals surface area contributed by atoms with Crippen LogP contribution in [0.5, 0.6) is 5.75 Å². The number of hydrogen-bond donors (Lipinski definition) is 2. The second-order valence-corrected chi connectivity index (χ2v) is 7.93. The van der Waals surface area contributed by atoms with E-state index in [-0.39, 0.29) is 16.7 Å². The van der Waals surface area contributed by atoms with Gasteiger partial charge in [0.1, 0.15) is 10.6 Å². The minimum absolute atomic E-state index is 0.0969. The molecule has 0 aliphatic carbocycles. The third-order valence-corrected chi connectivity index (χ3v) is 6.64. The van der Waals surface area contributed by atoms with Gasteiger partial charge in [0.15, 0.2) is 0 Å². The van der Waals surface area contributed by atoms with Crippen LogP contribution in [0, 0.1) is 0 Å². The lowest BCUT2D eigenvalue weighted by atomic mass is 9.93. The zero-order valence-corrected chi connectivity index (χ0v) is 15.4. The molecule has 0 radical (unpaired) electrons. The number of rotatable bonds is 4. The average Bonchev–Trinajstić information content (AvgIpc) is 3.29. The molecule has 0 saturated carbocycles. The molecule has 0 spiro atoms. The summed E-state index contributed by atoms with van der Waals surface area (Å²) in [7, 11) is 1.58. The predicted octanol–water partition coefficient (Wildman–Crippen LogP) is 4.66. The van der Waals surface area contributed by atoms with Crippen LogP contribution >= 0.6 is 22.7 Å². The second-order valence-electron chi connectivity index (χ2n) is 5.90. The number of amides is 1. The number of aromatic carboxylic acids is 1. The number of carbonyl (C=O) groups excluding carboxylic acids is 1. The number of hydrogen-bond acceptors (Lipinski definition) is 5. The summed E-state index contributed by atoms with van der Waals surface area (Å²) in [5.74, 6) is -0.501. The van der Waals surface area contributed by atoms with Gasteiger partial charge in [-0.05, 0) is 29.1 Å². The number of carboxylic acid groups (broad SMARTS) is 1. The number of benzene rings is 1. The van der Waals surface area contributed by atoms with Crippen molar-refractivity contribution < 1.29 is 19.4 Å². The van der Waals surface area contributed by atoms with Crippen LogP contribution in [0.15, 0.2) is 41.8 Å². The Kier molecular flexibility index (Phi) is 4.26. The lowest BCUT2D eigenvalue weighted by molar-refractivity contribution is -0.116. The number of ether oxygens (including phenoxy) is 1. The van der Waals surface area contributed by atoms with Gasteiger partial charge in [-0.15, -0.1) is 22.7 Å². The molecule has 0 unspecified atom stereocenters. The highest BCUT2D eigenvalue weighted by molar-refractivity contribution is 7.15. The molecular formula is C19H15NO4S2. The van der Waals surface area contributed by atoms with E-state index in [0.717, 1.165) is 15.3 Å². The normalized spacial score (nSPS) is 16.0. The minimum atomic E-state index is -0.991. The van der Waals surface area contributed by atoms with E-state index in [1.807, 2.05) is 29.6 Å². The van der Waals surface area contributed by atoms with Gasteiger partial charge in [-0.1, -0.05) is 18.2 Å². The Morgan fingerprint density at radius 1 is 1.27 bits per heavy atom. The molecule has 3 aromatic rings. The number of anilines is 1. The standard InChI is InChI=1S/C19H15NO4S2/c1-24-11-6-4-10(5-7-11)15-16-17(26-18(15)19(22)23)12(9-14(21)20-16)13-3-2-8-25-13/h2-8,12H,9H2,1H3,(H,20,21)(H,22,23)/t12-/m1/s1. The first-order valence-electron chi connectivity index (χ1n) is 7.96. The Morgan fingerprint density at radius 2 is 2.04 bits per heavy atom. The Bertz CT molecular complexity index is 974. The lowest BCUT2D eigenvalue weighted by Gasteiger charge is -2.22. The molecule has 26 heavy (non-hydrogen) atoms. The molecule has 1 atom stereocenters. The van der Waals surface area contributed by atoms with E-state index in [1.54, 1.807) is 30.6 Å². The van der Waals surface area contributed by atoms with Crippen molar-refractivity contribution in [3.63, 3.8) is 0 Å². The molecule has 1 amide bonds. The Balaban J connectivity index is 1.91. The van der Waals surface area contributed by atoms with E-state index in [4.69, 9.17) is 4.74 Å². The van der Waals surface area contributed by atoms with E-state index < -0.39 is 5.97 Å². The van der Waals surface area contributed by atoms with Crippen molar-refractivity contribution in [2.45, 2.75) is 12.3 Å². The highest BCUT2D eigenvalue weighted by Crippen LogP contribution is 2.50. The maximum atomic E-state index is 12.3. The van der Waals surface area contributed by atoms with E-state index >= 15 is 0 Å². The fourth-order valence-electron chi connectivity index (χ4n) is 3.19.